The predicted molar refractivity (Wildman–Crippen MR) is 69.0 cm³/mol. The fourth-order valence-electron chi connectivity index (χ4n) is 1.92. The fourth-order valence-corrected chi connectivity index (χ4v) is 1.92. The van der Waals surface area contributed by atoms with Crippen LogP contribution < -0.4 is 10.5 Å². The molecule has 0 heterocycles. The van der Waals surface area contributed by atoms with Gasteiger partial charge in [-0.2, -0.15) is 0 Å². The topological polar surface area (TPSA) is 35.2 Å². The van der Waals surface area contributed by atoms with Crippen LogP contribution >= 0.6 is 0 Å². The lowest BCUT2D eigenvalue weighted by Gasteiger charge is -2.33. The van der Waals surface area contributed by atoms with Crippen molar-refractivity contribution < 1.29 is 4.74 Å². The fraction of sp³-hybridized carbons (Fsp3) is 0.571. The van der Waals surface area contributed by atoms with Crippen molar-refractivity contribution in [3.63, 3.8) is 0 Å². The summed E-state index contributed by atoms with van der Waals surface area (Å²) in [6.45, 7) is 9.38. The van der Waals surface area contributed by atoms with Crippen molar-refractivity contribution in [2.45, 2.75) is 33.1 Å². The highest BCUT2D eigenvalue weighted by Gasteiger charge is 2.29. The second kappa shape index (κ2) is 4.88. The Bertz CT molecular complexity index is 360. The van der Waals surface area contributed by atoms with Crippen LogP contribution in [0.3, 0.4) is 0 Å². The first kappa shape index (κ1) is 13.0. The van der Waals surface area contributed by atoms with Gasteiger partial charge < -0.3 is 10.5 Å². The van der Waals surface area contributed by atoms with Crippen LogP contribution in [-0.2, 0) is 5.41 Å². The van der Waals surface area contributed by atoms with Crippen LogP contribution in [0.5, 0.6) is 5.75 Å². The van der Waals surface area contributed by atoms with Gasteiger partial charge >= 0.3 is 0 Å². The molecule has 90 valence electrons. The van der Waals surface area contributed by atoms with Crippen LogP contribution in [0.4, 0.5) is 0 Å². The number of aryl methyl sites for hydroxylation is 1. The first-order chi connectivity index (χ1) is 7.45. The molecule has 0 spiro atoms. The van der Waals surface area contributed by atoms with E-state index in [0.717, 1.165) is 5.75 Å². The molecule has 0 amide bonds. The third-order valence-corrected chi connectivity index (χ3v) is 3.75. The average molecular weight is 221 g/mol. The summed E-state index contributed by atoms with van der Waals surface area (Å²) in [5.41, 5.74) is 8.43. The summed E-state index contributed by atoms with van der Waals surface area (Å²) < 4.78 is 5.28. The molecule has 0 aromatic heterocycles. The minimum atomic E-state index is 0.0387. The quantitative estimate of drug-likeness (QED) is 0.848. The average Bonchev–Trinajstić information content (AvgIpc) is 2.27. The van der Waals surface area contributed by atoms with E-state index in [1.807, 2.05) is 6.07 Å². The van der Waals surface area contributed by atoms with Crippen molar-refractivity contribution in [1.82, 2.24) is 0 Å². The maximum absolute atomic E-state index is 5.93. The summed E-state index contributed by atoms with van der Waals surface area (Å²) in [7, 11) is 1.70. The van der Waals surface area contributed by atoms with E-state index < -0.39 is 0 Å². The molecule has 1 aromatic carbocycles. The highest BCUT2D eigenvalue weighted by atomic mass is 16.5. The van der Waals surface area contributed by atoms with Crippen LogP contribution in [0.25, 0.3) is 0 Å². The highest BCUT2D eigenvalue weighted by molar-refractivity contribution is 5.39. The molecule has 0 aliphatic heterocycles. The van der Waals surface area contributed by atoms with E-state index in [2.05, 4.69) is 39.8 Å². The zero-order chi connectivity index (χ0) is 12.3. The van der Waals surface area contributed by atoms with Crippen molar-refractivity contribution >= 4 is 0 Å². The second-order valence-electron chi connectivity index (χ2n) is 4.96. The number of ether oxygens (including phenoxy) is 1. The zero-order valence-corrected chi connectivity index (χ0v) is 11.0. The molecule has 0 radical (unpaired) electrons. The Kier molecular flexibility index (Phi) is 3.98. The molecule has 16 heavy (non-hydrogen) atoms. The van der Waals surface area contributed by atoms with E-state index >= 15 is 0 Å². The molecule has 1 aromatic rings. The molecule has 1 atom stereocenters. The predicted octanol–water partition coefficient (Wildman–Crippen LogP) is 2.88. The lowest BCUT2D eigenvalue weighted by Crippen LogP contribution is -2.37. The van der Waals surface area contributed by atoms with Crippen LogP contribution in [0.15, 0.2) is 18.2 Å². The molecular weight excluding hydrogens is 198 g/mol. The van der Waals surface area contributed by atoms with Crippen LogP contribution in [0.2, 0.25) is 0 Å². The van der Waals surface area contributed by atoms with Gasteiger partial charge in [0.05, 0.1) is 7.11 Å². The van der Waals surface area contributed by atoms with Crippen molar-refractivity contribution in [3.05, 3.63) is 29.3 Å². The Morgan fingerprint density at radius 1 is 1.38 bits per heavy atom. The van der Waals surface area contributed by atoms with Crippen molar-refractivity contribution in [1.29, 1.82) is 0 Å². The largest absolute Gasteiger partial charge is 0.496 e. The number of hydrogen-bond donors (Lipinski definition) is 1. The molecule has 0 bridgehead atoms. The van der Waals surface area contributed by atoms with Crippen molar-refractivity contribution in [2.24, 2.45) is 11.7 Å². The molecule has 1 unspecified atom stereocenters. The molecule has 0 saturated carbocycles. The van der Waals surface area contributed by atoms with Gasteiger partial charge in [-0.1, -0.05) is 32.9 Å². The molecule has 2 heteroatoms. The maximum Gasteiger partial charge on any atom is 0.121 e. The smallest absolute Gasteiger partial charge is 0.121 e. The Morgan fingerprint density at radius 3 is 2.38 bits per heavy atom. The third kappa shape index (κ3) is 2.22. The van der Waals surface area contributed by atoms with E-state index in [1.165, 1.54) is 11.1 Å². The second-order valence-corrected chi connectivity index (χ2v) is 4.96. The third-order valence-electron chi connectivity index (χ3n) is 3.75. The summed E-state index contributed by atoms with van der Waals surface area (Å²) in [5, 5.41) is 0. The molecule has 1 rings (SSSR count). The Labute approximate surface area is 98.8 Å². The van der Waals surface area contributed by atoms with Crippen molar-refractivity contribution in [3.8, 4) is 5.75 Å². The van der Waals surface area contributed by atoms with Crippen LogP contribution in [-0.4, -0.2) is 13.7 Å². The van der Waals surface area contributed by atoms with Crippen LogP contribution in [0.1, 0.15) is 31.9 Å². The Hall–Kier alpha value is -1.02. The molecule has 0 fully saturated rings. The minimum Gasteiger partial charge on any atom is -0.496 e. The number of hydrogen-bond acceptors (Lipinski definition) is 2. The summed E-state index contributed by atoms with van der Waals surface area (Å²) in [6.07, 6.45) is 0. The van der Waals surface area contributed by atoms with Gasteiger partial charge in [-0.3, -0.25) is 0 Å². The van der Waals surface area contributed by atoms with Crippen molar-refractivity contribution in [2.75, 3.05) is 13.7 Å². The van der Waals surface area contributed by atoms with Gasteiger partial charge in [-0.25, -0.2) is 0 Å². The van der Waals surface area contributed by atoms with E-state index in [4.69, 9.17) is 10.5 Å². The summed E-state index contributed by atoms with van der Waals surface area (Å²) in [5.74, 6) is 1.46. The minimum absolute atomic E-state index is 0.0387. The molecule has 2 N–H and O–H groups in total. The Morgan fingerprint density at radius 2 is 2.00 bits per heavy atom. The van der Waals surface area contributed by atoms with E-state index in [9.17, 15) is 0 Å². The lowest BCUT2D eigenvalue weighted by molar-refractivity contribution is 0.346. The molecule has 0 aliphatic carbocycles. The molecule has 0 saturated heterocycles. The van der Waals surface area contributed by atoms with E-state index in [-0.39, 0.29) is 5.41 Å². The van der Waals surface area contributed by atoms with Gasteiger partial charge in [0.15, 0.2) is 0 Å². The number of nitrogens with two attached hydrogens (primary N) is 1. The number of methoxy groups -OCH3 is 1. The van der Waals surface area contributed by atoms with E-state index in [1.54, 1.807) is 7.11 Å². The van der Waals surface area contributed by atoms with Gasteiger partial charge in [0.25, 0.3) is 0 Å². The lowest BCUT2D eigenvalue weighted by atomic mass is 9.73. The van der Waals surface area contributed by atoms with Gasteiger partial charge in [0.1, 0.15) is 5.75 Å². The highest BCUT2D eigenvalue weighted by Crippen LogP contribution is 2.33. The van der Waals surface area contributed by atoms with Gasteiger partial charge in [0, 0.05) is 12.0 Å². The van der Waals surface area contributed by atoms with Gasteiger partial charge in [-0.15, -0.1) is 0 Å². The van der Waals surface area contributed by atoms with Gasteiger partial charge in [0.2, 0.25) is 0 Å². The van der Waals surface area contributed by atoms with E-state index in [0.29, 0.717) is 12.5 Å². The number of benzene rings is 1. The number of rotatable bonds is 4. The monoisotopic (exact) mass is 221 g/mol. The summed E-state index contributed by atoms with van der Waals surface area (Å²) in [4.78, 5) is 0. The molecule has 0 aliphatic rings. The summed E-state index contributed by atoms with van der Waals surface area (Å²) in [6, 6.07) is 6.34. The molecule has 2 nitrogen and oxygen atoms in total. The standard InChI is InChI=1S/C14H23NO/c1-10(2)14(4,9-15)12-6-7-13(16-5)11(3)8-12/h6-8,10H,9,15H2,1-5H3. The van der Waals surface area contributed by atoms with Gasteiger partial charge in [-0.05, 0) is 30.0 Å². The van der Waals surface area contributed by atoms with Crippen LogP contribution in [0, 0.1) is 12.8 Å². The Balaban J connectivity index is 3.18. The molecular formula is C14H23NO. The first-order valence-corrected chi connectivity index (χ1v) is 5.81. The first-order valence-electron chi connectivity index (χ1n) is 5.81. The normalized spacial score (nSPS) is 14.9. The SMILES string of the molecule is COc1ccc(C(C)(CN)C(C)C)cc1C. The summed E-state index contributed by atoms with van der Waals surface area (Å²) >= 11 is 0. The zero-order valence-electron chi connectivity index (χ0n) is 11.0. The maximum atomic E-state index is 5.93.